The van der Waals surface area contributed by atoms with Crippen molar-refractivity contribution in [2.45, 2.75) is 19.0 Å². The monoisotopic (exact) mass is 430 g/mol. The predicted molar refractivity (Wildman–Crippen MR) is 113 cm³/mol. The molecule has 0 atom stereocenters. The summed E-state index contributed by atoms with van der Waals surface area (Å²) in [5.74, 6) is -0.825. The molecule has 1 amide bonds. The molecule has 6 nitrogen and oxygen atoms in total. The summed E-state index contributed by atoms with van der Waals surface area (Å²) in [7, 11) is 0. The number of halogens is 3. The lowest BCUT2D eigenvalue weighted by Crippen LogP contribution is -2.39. The lowest BCUT2D eigenvalue weighted by molar-refractivity contribution is -0.137. The van der Waals surface area contributed by atoms with Crippen LogP contribution in [0.15, 0.2) is 47.5 Å². The number of benzene rings is 2. The molecule has 4 N–H and O–H groups in total. The van der Waals surface area contributed by atoms with Crippen molar-refractivity contribution < 1.29 is 23.1 Å². The minimum atomic E-state index is -4.57. The number of hydrogen-bond donors (Lipinski definition) is 3. The number of fused-ring (bicyclic) bond motifs is 1. The number of nitrogens with two attached hydrogens (primary N) is 1. The van der Waals surface area contributed by atoms with Gasteiger partial charge in [-0.1, -0.05) is 18.2 Å². The summed E-state index contributed by atoms with van der Waals surface area (Å²) >= 11 is 0. The number of aromatic hydroxyl groups is 1. The summed E-state index contributed by atoms with van der Waals surface area (Å²) in [4.78, 5) is 19.9. The number of aromatic amines is 1. The molecule has 1 aliphatic rings. The summed E-state index contributed by atoms with van der Waals surface area (Å²) in [5.41, 5.74) is 5.81. The number of carbonyl (C=O) groups excluding carboxylic acids is 1. The number of para-hydroxylation sites is 1. The molecule has 0 radical (unpaired) electrons. The number of carbonyl (C=O) groups is 1. The lowest BCUT2D eigenvalue weighted by Gasteiger charge is -2.34. The van der Waals surface area contributed by atoms with Gasteiger partial charge in [0.2, 0.25) is 5.91 Å². The summed E-state index contributed by atoms with van der Waals surface area (Å²) in [6.07, 6.45) is -2.37. The van der Waals surface area contributed by atoms with Gasteiger partial charge in [-0.2, -0.15) is 13.2 Å². The highest BCUT2D eigenvalue weighted by Gasteiger charge is 2.36. The van der Waals surface area contributed by atoms with E-state index in [1.165, 1.54) is 18.3 Å². The molecule has 2 aromatic carbocycles. The molecule has 9 heteroatoms. The average molecular weight is 430 g/mol. The topological polar surface area (TPSA) is 94.7 Å². The second-order valence-corrected chi connectivity index (χ2v) is 7.55. The Labute approximate surface area is 176 Å². The Balaban J connectivity index is 1.64. The van der Waals surface area contributed by atoms with Crippen LogP contribution in [-0.4, -0.2) is 35.3 Å². The molecule has 0 unspecified atom stereocenters. The van der Waals surface area contributed by atoms with Crippen LogP contribution >= 0.6 is 0 Å². The maximum atomic E-state index is 13.8. The second-order valence-electron chi connectivity index (χ2n) is 7.55. The molecule has 1 aliphatic heterocycles. The van der Waals surface area contributed by atoms with Crippen molar-refractivity contribution in [2.75, 3.05) is 18.0 Å². The first-order valence-electron chi connectivity index (χ1n) is 9.83. The molecule has 0 spiro atoms. The summed E-state index contributed by atoms with van der Waals surface area (Å²) in [6.45, 7) is 0.644. The van der Waals surface area contributed by atoms with Crippen LogP contribution in [0, 0.1) is 5.92 Å². The van der Waals surface area contributed by atoms with E-state index < -0.39 is 17.6 Å². The first-order chi connectivity index (χ1) is 14.7. The van der Waals surface area contributed by atoms with Crippen LogP contribution < -0.4 is 10.6 Å². The third-order valence-electron chi connectivity index (χ3n) is 5.59. The maximum Gasteiger partial charge on any atom is 0.418 e. The minimum Gasteiger partial charge on any atom is -0.494 e. The van der Waals surface area contributed by atoms with Crippen LogP contribution in [0.3, 0.4) is 0 Å². The standard InChI is InChI=1S/C22H21F3N4O2/c23-22(24,25)17-11-14(5-6-19(17)29-9-7-13(8-10-29)20(26)30)27-12-16-15-3-1-2-4-18(15)28-21(16)31/h1-6,11-13,28,31H,7-10H2,(H2,26,30). The fourth-order valence-corrected chi connectivity index (χ4v) is 3.93. The number of nitrogens with zero attached hydrogens (tertiary/aromatic N) is 2. The zero-order chi connectivity index (χ0) is 22.2. The van der Waals surface area contributed by atoms with Crippen molar-refractivity contribution in [3.8, 4) is 5.88 Å². The molecule has 2 heterocycles. The van der Waals surface area contributed by atoms with Crippen molar-refractivity contribution in [3.05, 3.63) is 53.6 Å². The molecular formula is C22H21F3N4O2. The predicted octanol–water partition coefficient (Wildman–Crippen LogP) is 4.34. The fourth-order valence-electron chi connectivity index (χ4n) is 3.93. The highest BCUT2D eigenvalue weighted by atomic mass is 19.4. The highest BCUT2D eigenvalue weighted by molar-refractivity contribution is 6.02. The first-order valence-corrected chi connectivity index (χ1v) is 9.83. The van der Waals surface area contributed by atoms with Crippen molar-refractivity contribution in [1.82, 2.24) is 4.98 Å². The maximum absolute atomic E-state index is 13.8. The Morgan fingerprint density at radius 1 is 1.19 bits per heavy atom. The number of piperidine rings is 1. The number of anilines is 1. The van der Waals surface area contributed by atoms with Crippen LogP contribution in [0.2, 0.25) is 0 Å². The average Bonchev–Trinajstić information content (AvgIpc) is 3.06. The minimum absolute atomic E-state index is 0.0595. The highest BCUT2D eigenvalue weighted by Crippen LogP contribution is 2.40. The zero-order valence-electron chi connectivity index (χ0n) is 16.5. The van der Waals surface area contributed by atoms with Gasteiger partial charge in [0.15, 0.2) is 5.88 Å². The normalized spacial score (nSPS) is 15.8. The molecule has 0 aliphatic carbocycles. The van der Waals surface area contributed by atoms with Gasteiger partial charge >= 0.3 is 6.18 Å². The molecule has 1 saturated heterocycles. The van der Waals surface area contributed by atoms with Crippen LogP contribution in [0.25, 0.3) is 10.9 Å². The SMILES string of the molecule is NC(=O)C1CCN(c2ccc(N=Cc3c(O)[nH]c4ccccc34)cc2C(F)(F)F)CC1. The first kappa shape index (κ1) is 20.8. The van der Waals surface area contributed by atoms with Gasteiger partial charge < -0.3 is 20.7 Å². The van der Waals surface area contributed by atoms with Gasteiger partial charge in [0, 0.05) is 41.8 Å². The number of nitrogens with one attached hydrogen (secondary N) is 1. The largest absolute Gasteiger partial charge is 0.494 e. The van der Waals surface area contributed by atoms with Gasteiger partial charge in [-0.05, 0) is 37.1 Å². The molecule has 0 bridgehead atoms. The third kappa shape index (κ3) is 4.21. The number of H-pyrrole nitrogens is 1. The molecule has 31 heavy (non-hydrogen) atoms. The number of hydrogen-bond acceptors (Lipinski definition) is 4. The Morgan fingerprint density at radius 3 is 2.58 bits per heavy atom. The summed E-state index contributed by atoms with van der Waals surface area (Å²) in [6, 6.07) is 11.1. The quantitative estimate of drug-likeness (QED) is 0.537. The van der Waals surface area contributed by atoms with E-state index in [1.54, 1.807) is 29.2 Å². The van der Waals surface area contributed by atoms with Crippen molar-refractivity contribution in [2.24, 2.45) is 16.6 Å². The van der Waals surface area contributed by atoms with E-state index in [4.69, 9.17) is 5.73 Å². The lowest BCUT2D eigenvalue weighted by atomic mass is 9.95. The fraction of sp³-hybridized carbons (Fsp3) is 0.273. The van der Waals surface area contributed by atoms with E-state index in [9.17, 15) is 23.1 Å². The van der Waals surface area contributed by atoms with E-state index in [0.717, 1.165) is 6.07 Å². The zero-order valence-corrected chi connectivity index (χ0v) is 16.5. The second kappa shape index (κ2) is 7.98. The molecule has 162 valence electrons. The summed E-state index contributed by atoms with van der Waals surface area (Å²) in [5, 5.41) is 10.8. The van der Waals surface area contributed by atoms with Crippen LogP contribution in [0.5, 0.6) is 5.88 Å². The van der Waals surface area contributed by atoms with E-state index >= 15 is 0 Å². The number of amides is 1. The molecular weight excluding hydrogens is 409 g/mol. The number of aliphatic imine (C=N–C) groups is 1. The van der Waals surface area contributed by atoms with E-state index in [2.05, 4.69) is 9.98 Å². The van der Waals surface area contributed by atoms with E-state index in [1.807, 2.05) is 0 Å². The Hall–Kier alpha value is -3.49. The van der Waals surface area contributed by atoms with Crippen LogP contribution in [0.4, 0.5) is 24.5 Å². The number of alkyl halides is 3. The molecule has 3 aromatic rings. The van der Waals surface area contributed by atoms with Crippen molar-refractivity contribution in [3.63, 3.8) is 0 Å². The van der Waals surface area contributed by atoms with E-state index in [0.29, 0.717) is 42.4 Å². The van der Waals surface area contributed by atoms with Gasteiger partial charge in [0.1, 0.15) is 0 Å². The third-order valence-corrected chi connectivity index (χ3v) is 5.59. The Kier molecular flexibility index (Phi) is 5.34. The van der Waals surface area contributed by atoms with Gasteiger partial charge in [0.25, 0.3) is 0 Å². The Bertz CT molecular complexity index is 1150. The molecule has 0 saturated carbocycles. The Morgan fingerprint density at radius 2 is 1.90 bits per heavy atom. The van der Waals surface area contributed by atoms with Gasteiger partial charge in [0.05, 0.1) is 16.8 Å². The molecule has 1 aromatic heterocycles. The molecule has 1 fully saturated rings. The van der Waals surface area contributed by atoms with Crippen LogP contribution in [0.1, 0.15) is 24.0 Å². The molecule has 4 rings (SSSR count). The van der Waals surface area contributed by atoms with Gasteiger partial charge in [-0.25, -0.2) is 0 Å². The summed E-state index contributed by atoms with van der Waals surface area (Å²) < 4.78 is 41.3. The van der Waals surface area contributed by atoms with Crippen molar-refractivity contribution in [1.29, 1.82) is 0 Å². The number of primary amides is 1. The number of rotatable bonds is 4. The van der Waals surface area contributed by atoms with E-state index in [-0.39, 0.29) is 23.2 Å². The smallest absolute Gasteiger partial charge is 0.418 e. The van der Waals surface area contributed by atoms with Crippen molar-refractivity contribution >= 4 is 34.4 Å². The number of aromatic nitrogens is 1. The van der Waals surface area contributed by atoms with Gasteiger partial charge in [-0.3, -0.25) is 9.79 Å². The van der Waals surface area contributed by atoms with Gasteiger partial charge in [-0.15, -0.1) is 0 Å². The van der Waals surface area contributed by atoms with Crippen LogP contribution in [-0.2, 0) is 11.0 Å².